The molecule has 17 heavy (non-hydrogen) atoms. The Labute approximate surface area is 107 Å². The molecule has 0 aliphatic carbocycles. The van der Waals surface area contributed by atoms with Crippen LogP contribution in [-0.2, 0) is 6.54 Å². The maximum absolute atomic E-state index is 9.19. The molecule has 1 fully saturated rings. The van der Waals surface area contributed by atoms with Crippen molar-refractivity contribution in [1.29, 1.82) is 0 Å². The van der Waals surface area contributed by atoms with Gasteiger partial charge in [-0.05, 0) is 43.0 Å². The van der Waals surface area contributed by atoms with E-state index in [0.29, 0.717) is 23.2 Å². The fourth-order valence-electron chi connectivity index (χ4n) is 2.39. The number of aliphatic hydroxyl groups is 1. The zero-order chi connectivity index (χ0) is 12.3. The molecule has 0 bridgehead atoms. The van der Waals surface area contributed by atoms with E-state index in [4.69, 9.17) is 17.3 Å². The Morgan fingerprint density at radius 2 is 2.29 bits per heavy atom. The maximum atomic E-state index is 9.19. The third kappa shape index (κ3) is 3.35. The number of nitrogen functional groups attached to an aromatic ring is 1. The Balaban J connectivity index is 1.97. The first-order valence-corrected chi connectivity index (χ1v) is 6.44. The van der Waals surface area contributed by atoms with Crippen LogP contribution in [0.3, 0.4) is 0 Å². The highest BCUT2D eigenvalue weighted by atomic mass is 35.5. The molecule has 0 spiro atoms. The summed E-state index contributed by atoms with van der Waals surface area (Å²) in [5.41, 5.74) is 7.61. The Bertz CT molecular complexity index is 384. The van der Waals surface area contributed by atoms with Crippen LogP contribution in [0.15, 0.2) is 18.2 Å². The SMILES string of the molecule is Nc1cc(CN2CCCC(CO)C2)ccc1Cl. The van der Waals surface area contributed by atoms with E-state index in [0.717, 1.165) is 32.5 Å². The summed E-state index contributed by atoms with van der Waals surface area (Å²) in [6.45, 7) is 3.25. The van der Waals surface area contributed by atoms with Gasteiger partial charge in [-0.1, -0.05) is 17.7 Å². The van der Waals surface area contributed by atoms with Crippen molar-refractivity contribution in [2.24, 2.45) is 5.92 Å². The van der Waals surface area contributed by atoms with Crippen LogP contribution in [0, 0.1) is 5.92 Å². The van der Waals surface area contributed by atoms with E-state index >= 15 is 0 Å². The summed E-state index contributed by atoms with van der Waals surface area (Å²) >= 11 is 5.90. The molecule has 1 aliphatic rings. The highest BCUT2D eigenvalue weighted by molar-refractivity contribution is 6.33. The van der Waals surface area contributed by atoms with Gasteiger partial charge in [0.1, 0.15) is 0 Å². The minimum atomic E-state index is 0.291. The Hall–Kier alpha value is -0.770. The third-order valence-corrected chi connectivity index (χ3v) is 3.67. The smallest absolute Gasteiger partial charge is 0.0635 e. The van der Waals surface area contributed by atoms with Gasteiger partial charge >= 0.3 is 0 Å². The lowest BCUT2D eigenvalue weighted by molar-refractivity contribution is 0.116. The van der Waals surface area contributed by atoms with E-state index in [1.807, 2.05) is 18.2 Å². The standard InChI is InChI=1S/C13H19ClN2O/c14-12-4-3-10(6-13(12)15)7-16-5-1-2-11(8-16)9-17/h3-4,6,11,17H,1-2,5,7-9,15H2. The van der Waals surface area contributed by atoms with Crippen molar-refractivity contribution in [3.8, 4) is 0 Å². The normalized spacial score (nSPS) is 21.6. The molecule has 4 heteroatoms. The number of likely N-dealkylation sites (tertiary alicyclic amines) is 1. The first-order chi connectivity index (χ1) is 8.19. The second-order valence-electron chi connectivity index (χ2n) is 4.78. The van der Waals surface area contributed by atoms with Crippen molar-refractivity contribution >= 4 is 17.3 Å². The molecule has 1 aromatic carbocycles. The minimum absolute atomic E-state index is 0.291. The van der Waals surface area contributed by atoms with Crippen LogP contribution in [0.5, 0.6) is 0 Å². The van der Waals surface area contributed by atoms with Crippen LogP contribution in [0.1, 0.15) is 18.4 Å². The summed E-state index contributed by atoms with van der Waals surface area (Å²) < 4.78 is 0. The summed E-state index contributed by atoms with van der Waals surface area (Å²) in [5, 5.41) is 9.80. The van der Waals surface area contributed by atoms with Crippen molar-refractivity contribution in [1.82, 2.24) is 4.90 Å². The number of aliphatic hydroxyl groups excluding tert-OH is 1. The average molecular weight is 255 g/mol. The van der Waals surface area contributed by atoms with E-state index in [1.165, 1.54) is 5.56 Å². The molecule has 1 heterocycles. The number of piperidine rings is 1. The van der Waals surface area contributed by atoms with Crippen molar-refractivity contribution < 1.29 is 5.11 Å². The third-order valence-electron chi connectivity index (χ3n) is 3.33. The monoisotopic (exact) mass is 254 g/mol. The van der Waals surface area contributed by atoms with Gasteiger partial charge in [0.05, 0.1) is 10.7 Å². The van der Waals surface area contributed by atoms with Crippen molar-refractivity contribution in [3.63, 3.8) is 0 Å². The zero-order valence-electron chi connectivity index (χ0n) is 9.90. The lowest BCUT2D eigenvalue weighted by atomic mass is 9.98. The largest absolute Gasteiger partial charge is 0.398 e. The summed E-state index contributed by atoms with van der Waals surface area (Å²) in [6, 6.07) is 5.80. The molecule has 1 atom stereocenters. The highest BCUT2D eigenvalue weighted by Gasteiger charge is 2.19. The second kappa shape index (κ2) is 5.71. The van der Waals surface area contributed by atoms with E-state index in [1.54, 1.807) is 0 Å². The lowest BCUT2D eigenvalue weighted by Crippen LogP contribution is -2.36. The van der Waals surface area contributed by atoms with Gasteiger partial charge in [-0.25, -0.2) is 0 Å². The fraction of sp³-hybridized carbons (Fsp3) is 0.538. The summed E-state index contributed by atoms with van der Waals surface area (Å²) in [4.78, 5) is 2.37. The van der Waals surface area contributed by atoms with Gasteiger partial charge in [0, 0.05) is 19.7 Å². The first-order valence-electron chi connectivity index (χ1n) is 6.06. The molecule has 94 valence electrons. The van der Waals surface area contributed by atoms with Crippen molar-refractivity contribution in [2.75, 3.05) is 25.4 Å². The number of nitrogens with zero attached hydrogens (tertiary/aromatic N) is 1. The number of rotatable bonds is 3. The second-order valence-corrected chi connectivity index (χ2v) is 5.19. The van der Waals surface area contributed by atoms with Crippen molar-refractivity contribution in [2.45, 2.75) is 19.4 Å². The molecule has 0 saturated carbocycles. The Morgan fingerprint density at radius 1 is 1.47 bits per heavy atom. The van der Waals surface area contributed by atoms with Crippen LogP contribution in [0.4, 0.5) is 5.69 Å². The molecule has 1 aliphatic heterocycles. The number of benzene rings is 1. The molecule has 0 aromatic heterocycles. The molecule has 3 nitrogen and oxygen atoms in total. The van der Waals surface area contributed by atoms with Crippen molar-refractivity contribution in [3.05, 3.63) is 28.8 Å². The molecule has 1 aromatic rings. The highest BCUT2D eigenvalue weighted by Crippen LogP contribution is 2.22. The van der Waals surface area contributed by atoms with E-state index in [9.17, 15) is 5.11 Å². The number of hydrogen-bond donors (Lipinski definition) is 2. The first kappa shape index (κ1) is 12.7. The predicted octanol–water partition coefficient (Wildman–Crippen LogP) is 2.13. The predicted molar refractivity (Wildman–Crippen MR) is 71.0 cm³/mol. The number of halogens is 1. The zero-order valence-corrected chi connectivity index (χ0v) is 10.7. The van der Waals surface area contributed by atoms with E-state index in [-0.39, 0.29) is 0 Å². The molecule has 0 radical (unpaired) electrons. The van der Waals surface area contributed by atoms with Gasteiger partial charge in [-0.3, -0.25) is 4.90 Å². The average Bonchev–Trinajstić information content (AvgIpc) is 2.34. The van der Waals surface area contributed by atoms with E-state index in [2.05, 4.69) is 4.90 Å². The summed E-state index contributed by atoms with van der Waals surface area (Å²) in [6.07, 6.45) is 2.30. The van der Waals surface area contributed by atoms with Crippen LogP contribution in [0.25, 0.3) is 0 Å². The van der Waals surface area contributed by atoms with Gasteiger partial charge in [-0.2, -0.15) is 0 Å². The van der Waals surface area contributed by atoms with Crippen LogP contribution in [0.2, 0.25) is 5.02 Å². The van der Waals surface area contributed by atoms with Gasteiger partial charge < -0.3 is 10.8 Å². The Morgan fingerprint density at radius 3 is 3.00 bits per heavy atom. The lowest BCUT2D eigenvalue weighted by Gasteiger charge is -2.31. The topological polar surface area (TPSA) is 49.5 Å². The molecule has 3 N–H and O–H groups in total. The van der Waals surface area contributed by atoms with E-state index < -0.39 is 0 Å². The summed E-state index contributed by atoms with van der Waals surface area (Å²) in [5.74, 6) is 0.424. The molecule has 1 unspecified atom stereocenters. The quantitative estimate of drug-likeness (QED) is 0.813. The van der Waals surface area contributed by atoms with Gasteiger partial charge in [0.25, 0.3) is 0 Å². The Kier molecular flexibility index (Phi) is 4.26. The van der Waals surface area contributed by atoms with Crippen LogP contribution < -0.4 is 5.73 Å². The molecule has 0 amide bonds. The van der Waals surface area contributed by atoms with Gasteiger partial charge in [-0.15, -0.1) is 0 Å². The number of anilines is 1. The van der Waals surface area contributed by atoms with Crippen LogP contribution in [-0.4, -0.2) is 29.7 Å². The fourth-order valence-corrected chi connectivity index (χ4v) is 2.51. The molecular formula is C13H19ClN2O. The molecule has 2 rings (SSSR count). The molecule has 1 saturated heterocycles. The van der Waals surface area contributed by atoms with Gasteiger partial charge in [0.15, 0.2) is 0 Å². The van der Waals surface area contributed by atoms with Gasteiger partial charge in [0.2, 0.25) is 0 Å². The van der Waals surface area contributed by atoms with Crippen LogP contribution >= 0.6 is 11.6 Å². The number of nitrogens with two attached hydrogens (primary N) is 1. The minimum Gasteiger partial charge on any atom is -0.398 e. The number of hydrogen-bond acceptors (Lipinski definition) is 3. The summed E-state index contributed by atoms with van der Waals surface area (Å²) in [7, 11) is 0. The maximum Gasteiger partial charge on any atom is 0.0635 e. The molecular weight excluding hydrogens is 236 g/mol.